The van der Waals surface area contributed by atoms with Crippen LogP contribution in [0, 0.1) is 0 Å². The molecule has 1 aromatic carbocycles. The lowest BCUT2D eigenvalue weighted by molar-refractivity contribution is -0.0303. The molecule has 1 aliphatic rings. The van der Waals surface area contributed by atoms with Gasteiger partial charge in [-0.3, -0.25) is 4.90 Å². The highest BCUT2D eigenvalue weighted by Gasteiger charge is 2.22. The van der Waals surface area contributed by atoms with E-state index in [4.69, 9.17) is 33.0 Å². The summed E-state index contributed by atoms with van der Waals surface area (Å²) in [4.78, 5) is 2.44. The predicted molar refractivity (Wildman–Crippen MR) is 87.1 cm³/mol. The molecular weight excluding hydrogens is 309 g/mol. The second kappa shape index (κ2) is 8.96. The van der Waals surface area contributed by atoms with Gasteiger partial charge in [-0.15, -0.1) is 0 Å². The number of aliphatic hydroxyl groups excluding tert-OH is 1. The molecule has 21 heavy (non-hydrogen) atoms. The first-order valence-corrected chi connectivity index (χ1v) is 8.36. The molecule has 0 aliphatic carbocycles. The van der Waals surface area contributed by atoms with Crippen LogP contribution in [-0.2, 0) is 4.74 Å². The van der Waals surface area contributed by atoms with Crippen LogP contribution in [0.25, 0.3) is 0 Å². The minimum absolute atomic E-state index is 0.0750. The van der Waals surface area contributed by atoms with E-state index in [1.807, 2.05) is 18.2 Å². The Morgan fingerprint density at radius 3 is 2.71 bits per heavy atom. The number of aliphatic hydroxyl groups is 1. The van der Waals surface area contributed by atoms with Gasteiger partial charge >= 0.3 is 0 Å². The van der Waals surface area contributed by atoms with Gasteiger partial charge in [0.1, 0.15) is 0 Å². The van der Waals surface area contributed by atoms with Gasteiger partial charge in [0.15, 0.2) is 0 Å². The molecule has 5 heteroatoms. The van der Waals surface area contributed by atoms with Gasteiger partial charge in [-0.05, 0) is 37.1 Å². The maximum absolute atomic E-state index is 8.77. The summed E-state index contributed by atoms with van der Waals surface area (Å²) in [7, 11) is 0. The summed E-state index contributed by atoms with van der Waals surface area (Å²) in [5, 5.41) is 9.93. The average Bonchev–Trinajstić information content (AvgIpc) is 2.50. The maximum atomic E-state index is 8.77. The molecule has 3 nitrogen and oxygen atoms in total. The van der Waals surface area contributed by atoms with Gasteiger partial charge in [-0.25, -0.2) is 0 Å². The summed E-state index contributed by atoms with van der Waals surface area (Å²) in [6.07, 6.45) is 4.45. The molecule has 2 rings (SSSR count). The Morgan fingerprint density at radius 1 is 1.14 bits per heavy atom. The van der Waals surface area contributed by atoms with E-state index in [9.17, 15) is 0 Å². The van der Waals surface area contributed by atoms with Crippen molar-refractivity contribution in [2.45, 2.75) is 31.8 Å². The smallest absolute Gasteiger partial charge is 0.0952 e. The molecule has 0 spiro atoms. The molecule has 0 radical (unpaired) electrons. The number of unbranched alkanes of at least 4 members (excludes halogenated alkanes) is 3. The van der Waals surface area contributed by atoms with Crippen molar-refractivity contribution in [2.24, 2.45) is 0 Å². The summed E-state index contributed by atoms with van der Waals surface area (Å²) >= 11 is 12.0. The molecule has 0 unspecified atom stereocenters. The van der Waals surface area contributed by atoms with Crippen LogP contribution in [0.15, 0.2) is 18.2 Å². The van der Waals surface area contributed by atoms with E-state index < -0.39 is 0 Å². The standard InChI is InChI=1S/C16H23Cl2NO2/c17-14-6-5-13(11-15(14)18)16-12-19(8-10-21-16)7-3-1-2-4-9-20/h5-6,11,16,20H,1-4,7-10,12H2/t16-/m0/s1. The normalized spacial score (nSPS) is 19.9. The lowest BCUT2D eigenvalue weighted by Crippen LogP contribution is -2.38. The van der Waals surface area contributed by atoms with Crippen LogP contribution in [0.5, 0.6) is 0 Å². The van der Waals surface area contributed by atoms with E-state index in [-0.39, 0.29) is 6.10 Å². The zero-order valence-electron chi connectivity index (χ0n) is 12.2. The lowest BCUT2D eigenvalue weighted by atomic mass is 10.1. The van der Waals surface area contributed by atoms with Gasteiger partial charge in [-0.1, -0.05) is 42.1 Å². The highest BCUT2D eigenvalue weighted by atomic mass is 35.5. The monoisotopic (exact) mass is 331 g/mol. The minimum Gasteiger partial charge on any atom is -0.396 e. The summed E-state index contributed by atoms with van der Waals surface area (Å²) in [5.74, 6) is 0. The van der Waals surface area contributed by atoms with E-state index >= 15 is 0 Å². The number of hydrogen-bond donors (Lipinski definition) is 1. The Balaban J connectivity index is 1.81. The Kier molecular flexibility index (Phi) is 7.27. The fraction of sp³-hybridized carbons (Fsp3) is 0.625. The molecule has 1 fully saturated rings. The van der Waals surface area contributed by atoms with Crippen LogP contribution in [0.1, 0.15) is 37.4 Å². The number of hydrogen-bond acceptors (Lipinski definition) is 3. The van der Waals surface area contributed by atoms with E-state index in [1.165, 1.54) is 12.8 Å². The summed E-state index contributed by atoms with van der Waals surface area (Å²) in [5.41, 5.74) is 1.09. The van der Waals surface area contributed by atoms with E-state index in [0.717, 1.165) is 44.6 Å². The van der Waals surface area contributed by atoms with Crippen molar-refractivity contribution in [1.29, 1.82) is 0 Å². The van der Waals surface area contributed by atoms with Crippen LogP contribution in [-0.4, -0.2) is 42.9 Å². The van der Waals surface area contributed by atoms with Crippen molar-refractivity contribution in [3.63, 3.8) is 0 Å². The molecular formula is C16H23Cl2NO2. The fourth-order valence-electron chi connectivity index (χ4n) is 2.62. The van der Waals surface area contributed by atoms with Crippen LogP contribution >= 0.6 is 23.2 Å². The number of benzene rings is 1. The van der Waals surface area contributed by atoms with Crippen LogP contribution < -0.4 is 0 Å². The third-order valence-electron chi connectivity index (χ3n) is 3.85. The van der Waals surface area contributed by atoms with Gasteiger partial charge in [-0.2, -0.15) is 0 Å². The molecule has 0 bridgehead atoms. The second-order valence-corrected chi connectivity index (χ2v) is 6.29. The van der Waals surface area contributed by atoms with Crippen molar-refractivity contribution in [3.05, 3.63) is 33.8 Å². The van der Waals surface area contributed by atoms with E-state index in [1.54, 1.807) is 0 Å². The summed E-state index contributed by atoms with van der Waals surface area (Å²) in [6.45, 7) is 4.03. The highest BCUT2D eigenvalue weighted by molar-refractivity contribution is 6.42. The third kappa shape index (κ3) is 5.42. The zero-order chi connectivity index (χ0) is 15.1. The van der Waals surface area contributed by atoms with Gasteiger partial charge in [0.25, 0.3) is 0 Å². The van der Waals surface area contributed by atoms with Crippen molar-refractivity contribution in [1.82, 2.24) is 4.90 Å². The quantitative estimate of drug-likeness (QED) is 0.768. The molecule has 1 saturated heterocycles. The minimum atomic E-state index is 0.0750. The highest BCUT2D eigenvalue weighted by Crippen LogP contribution is 2.29. The molecule has 0 aromatic heterocycles. The fourth-order valence-corrected chi connectivity index (χ4v) is 2.93. The largest absolute Gasteiger partial charge is 0.396 e. The Labute approximate surface area is 136 Å². The first kappa shape index (κ1) is 17.0. The first-order chi connectivity index (χ1) is 10.2. The second-order valence-electron chi connectivity index (χ2n) is 5.47. The van der Waals surface area contributed by atoms with Crippen molar-refractivity contribution in [3.8, 4) is 0 Å². The topological polar surface area (TPSA) is 32.7 Å². The van der Waals surface area contributed by atoms with Gasteiger partial charge in [0, 0.05) is 19.7 Å². The molecule has 0 amide bonds. The number of morpholine rings is 1. The van der Waals surface area contributed by atoms with Crippen molar-refractivity contribution in [2.75, 3.05) is 32.8 Å². The molecule has 1 aromatic rings. The number of ether oxygens (including phenoxy) is 1. The Bertz CT molecular complexity index is 442. The molecule has 1 heterocycles. The molecule has 118 valence electrons. The Morgan fingerprint density at radius 2 is 1.95 bits per heavy atom. The maximum Gasteiger partial charge on any atom is 0.0952 e. The van der Waals surface area contributed by atoms with Gasteiger partial charge in [0.2, 0.25) is 0 Å². The number of nitrogens with zero attached hydrogens (tertiary/aromatic N) is 1. The SMILES string of the molecule is OCCCCCCN1CCO[C@H](c2ccc(Cl)c(Cl)c2)C1. The van der Waals surface area contributed by atoms with Gasteiger partial charge in [0.05, 0.1) is 22.8 Å². The zero-order valence-corrected chi connectivity index (χ0v) is 13.7. The predicted octanol–water partition coefficient (Wildman–Crippen LogP) is 3.92. The lowest BCUT2D eigenvalue weighted by Gasteiger charge is -2.33. The molecule has 1 N–H and O–H groups in total. The average molecular weight is 332 g/mol. The van der Waals surface area contributed by atoms with Gasteiger partial charge < -0.3 is 9.84 Å². The number of rotatable bonds is 7. The number of halogens is 2. The van der Waals surface area contributed by atoms with Crippen LogP contribution in [0.4, 0.5) is 0 Å². The summed E-state index contributed by atoms with van der Waals surface area (Å²) < 4.78 is 5.86. The van der Waals surface area contributed by atoms with Crippen LogP contribution in [0.2, 0.25) is 10.0 Å². The van der Waals surface area contributed by atoms with Crippen LogP contribution in [0.3, 0.4) is 0 Å². The van der Waals surface area contributed by atoms with Crippen molar-refractivity contribution >= 4 is 23.2 Å². The van der Waals surface area contributed by atoms with Crippen molar-refractivity contribution < 1.29 is 9.84 Å². The Hall–Kier alpha value is -0.320. The van der Waals surface area contributed by atoms with E-state index in [2.05, 4.69) is 4.90 Å². The van der Waals surface area contributed by atoms with E-state index in [0.29, 0.717) is 16.7 Å². The third-order valence-corrected chi connectivity index (χ3v) is 4.59. The summed E-state index contributed by atoms with van der Waals surface area (Å²) in [6, 6.07) is 5.72. The first-order valence-electron chi connectivity index (χ1n) is 7.60. The molecule has 0 saturated carbocycles. The molecule has 1 atom stereocenters. The molecule has 1 aliphatic heterocycles.